The van der Waals surface area contributed by atoms with Crippen LogP contribution in [0.25, 0.3) is 4.96 Å². The molecule has 0 spiro atoms. The molecule has 2 amide bonds. The lowest BCUT2D eigenvalue weighted by atomic mass is 10.2. The van der Waals surface area contributed by atoms with Gasteiger partial charge in [0.25, 0.3) is 11.5 Å². The van der Waals surface area contributed by atoms with Crippen molar-refractivity contribution in [3.05, 3.63) is 63.5 Å². The maximum Gasteiger partial charge on any atom is 0.271 e. The Hall–Kier alpha value is -3.00. The molecule has 22 heavy (non-hydrogen) atoms. The number of nitrogens with one attached hydrogen (secondary N) is 1. The van der Waals surface area contributed by atoms with E-state index in [0.29, 0.717) is 16.2 Å². The molecule has 0 aliphatic carbocycles. The van der Waals surface area contributed by atoms with E-state index >= 15 is 0 Å². The number of anilines is 1. The molecule has 110 valence electrons. The van der Waals surface area contributed by atoms with Gasteiger partial charge in [0.05, 0.1) is 0 Å². The van der Waals surface area contributed by atoms with Gasteiger partial charge in [0.2, 0.25) is 5.91 Å². The number of carbonyl (C=O) groups excluding carboxylic acids is 2. The SMILES string of the molecule is NC(=O)c1ccc(NC(=O)c2cnc3sccn3c2=O)cc1. The maximum atomic E-state index is 12.2. The van der Waals surface area contributed by atoms with Gasteiger partial charge >= 0.3 is 0 Å². The Morgan fingerprint density at radius 2 is 1.95 bits per heavy atom. The van der Waals surface area contributed by atoms with E-state index in [1.807, 2.05) is 0 Å². The summed E-state index contributed by atoms with van der Waals surface area (Å²) in [5.41, 5.74) is 5.43. The van der Waals surface area contributed by atoms with E-state index in [2.05, 4.69) is 10.3 Å². The van der Waals surface area contributed by atoms with E-state index in [-0.39, 0.29) is 5.56 Å². The van der Waals surface area contributed by atoms with Crippen molar-refractivity contribution in [1.82, 2.24) is 9.38 Å². The first-order valence-electron chi connectivity index (χ1n) is 6.22. The Kier molecular flexibility index (Phi) is 3.43. The average Bonchev–Trinajstić information content (AvgIpc) is 2.97. The fourth-order valence-electron chi connectivity index (χ4n) is 1.90. The van der Waals surface area contributed by atoms with Crippen molar-refractivity contribution >= 4 is 33.8 Å². The number of hydrogen-bond donors (Lipinski definition) is 2. The minimum atomic E-state index is -0.565. The van der Waals surface area contributed by atoms with Crippen molar-refractivity contribution in [3.63, 3.8) is 0 Å². The van der Waals surface area contributed by atoms with Gasteiger partial charge in [-0.3, -0.25) is 18.8 Å². The van der Waals surface area contributed by atoms with Crippen LogP contribution in [-0.4, -0.2) is 21.2 Å². The highest BCUT2D eigenvalue weighted by Crippen LogP contribution is 2.11. The first-order chi connectivity index (χ1) is 10.6. The third-order valence-corrected chi connectivity index (χ3v) is 3.79. The van der Waals surface area contributed by atoms with Crippen LogP contribution in [0.3, 0.4) is 0 Å². The number of amides is 2. The van der Waals surface area contributed by atoms with E-state index in [9.17, 15) is 14.4 Å². The molecule has 0 radical (unpaired) electrons. The van der Waals surface area contributed by atoms with Crippen molar-refractivity contribution in [3.8, 4) is 0 Å². The molecule has 0 fully saturated rings. The second kappa shape index (κ2) is 5.41. The smallest absolute Gasteiger partial charge is 0.271 e. The topological polar surface area (TPSA) is 107 Å². The molecule has 0 bridgehead atoms. The Morgan fingerprint density at radius 3 is 2.64 bits per heavy atom. The zero-order chi connectivity index (χ0) is 15.7. The van der Waals surface area contributed by atoms with Gasteiger partial charge in [0, 0.05) is 29.0 Å². The average molecular weight is 314 g/mol. The Labute approximate surface area is 128 Å². The fraction of sp³-hybridized carbons (Fsp3) is 0. The molecule has 0 atom stereocenters. The van der Waals surface area contributed by atoms with E-state index in [1.54, 1.807) is 11.6 Å². The van der Waals surface area contributed by atoms with Crippen LogP contribution in [0.2, 0.25) is 0 Å². The molecular weight excluding hydrogens is 304 g/mol. The molecule has 1 aromatic carbocycles. The van der Waals surface area contributed by atoms with Crippen molar-refractivity contribution in [2.24, 2.45) is 5.73 Å². The molecule has 0 saturated heterocycles. The van der Waals surface area contributed by atoms with Crippen molar-refractivity contribution in [2.75, 3.05) is 5.32 Å². The number of nitrogens with zero attached hydrogens (tertiary/aromatic N) is 2. The molecule has 0 unspecified atom stereocenters. The van der Waals surface area contributed by atoms with Crippen LogP contribution in [0.4, 0.5) is 5.69 Å². The Bertz CT molecular complexity index is 927. The number of hydrogen-bond acceptors (Lipinski definition) is 5. The van der Waals surface area contributed by atoms with Gasteiger partial charge in [-0.05, 0) is 24.3 Å². The summed E-state index contributed by atoms with van der Waals surface area (Å²) in [5, 5.41) is 4.30. The zero-order valence-corrected chi connectivity index (χ0v) is 12.0. The normalized spacial score (nSPS) is 10.5. The molecule has 0 aliphatic rings. The summed E-state index contributed by atoms with van der Waals surface area (Å²) in [7, 11) is 0. The molecule has 3 rings (SSSR count). The van der Waals surface area contributed by atoms with Gasteiger partial charge in [-0.25, -0.2) is 4.98 Å². The van der Waals surface area contributed by atoms with Crippen molar-refractivity contribution in [2.45, 2.75) is 0 Å². The summed E-state index contributed by atoms with van der Waals surface area (Å²) in [5.74, 6) is -1.12. The predicted molar refractivity (Wildman–Crippen MR) is 82.3 cm³/mol. The number of aromatic nitrogens is 2. The Balaban J connectivity index is 1.88. The van der Waals surface area contributed by atoms with Gasteiger partial charge in [-0.1, -0.05) is 0 Å². The lowest BCUT2D eigenvalue weighted by Crippen LogP contribution is -2.25. The molecule has 2 aromatic heterocycles. The largest absolute Gasteiger partial charge is 0.366 e. The number of primary amides is 1. The highest BCUT2D eigenvalue weighted by atomic mass is 32.1. The molecule has 2 heterocycles. The molecule has 0 aliphatic heterocycles. The number of thiazole rings is 1. The van der Waals surface area contributed by atoms with Gasteiger partial charge in [-0.2, -0.15) is 0 Å². The van der Waals surface area contributed by atoms with E-state index < -0.39 is 17.4 Å². The highest BCUT2D eigenvalue weighted by Gasteiger charge is 2.14. The summed E-state index contributed by atoms with van der Waals surface area (Å²) in [6, 6.07) is 6.05. The number of nitrogens with two attached hydrogens (primary N) is 1. The third kappa shape index (κ3) is 2.47. The van der Waals surface area contributed by atoms with Crippen molar-refractivity contribution in [1.29, 1.82) is 0 Å². The van der Waals surface area contributed by atoms with Crippen LogP contribution in [-0.2, 0) is 0 Å². The zero-order valence-electron chi connectivity index (χ0n) is 11.1. The number of benzene rings is 1. The molecule has 3 N–H and O–H groups in total. The number of fused-ring (bicyclic) bond motifs is 1. The minimum absolute atomic E-state index is 0.0603. The van der Waals surface area contributed by atoms with Crippen molar-refractivity contribution < 1.29 is 9.59 Å². The summed E-state index contributed by atoms with van der Waals surface area (Å²) in [6.45, 7) is 0. The lowest BCUT2D eigenvalue weighted by molar-refractivity contribution is 0.0998. The molecule has 3 aromatic rings. The second-order valence-electron chi connectivity index (χ2n) is 4.43. The van der Waals surface area contributed by atoms with Gasteiger partial charge in [-0.15, -0.1) is 11.3 Å². The molecular formula is C14H10N4O3S. The monoisotopic (exact) mass is 314 g/mol. The van der Waals surface area contributed by atoms with Gasteiger partial charge in [0.15, 0.2) is 4.96 Å². The molecule has 7 nitrogen and oxygen atoms in total. The third-order valence-electron chi connectivity index (χ3n) is 3.01. The summed E-state index contributed by atoms with van der Waals surface area (Å²) >= 11 is 1.31. The summed E-state index contributed by atoms with van der Waals surface area (Å²) < 4.78 is 1.32. The number of rotatable bonds is 3. The lowest BCUT2D eigenvalue weighted by Gasteiger charge is -2.05. The van der Waals surface area contributed by atoms with Crippen LogP contribution in [0.5, 0.6) is 0 Å². The van der Waals surface area contributed by atoms with Gasteiger partial charge < -0.3 is 11.1 Å². The van der Waals surface area contributed by atoms with Crippen LogP contribution in [0, 0.1) is 0 Å². The second-order valence-corrected chi connectivity index (χ2v) is 5.30. The highest BCUT2D eigenvalue weighted by molar-refractivity contribution is 7.15. The van der Waals surface area contributed by atoms with Gasteiger partial charge in [0.1, 0.15) is 5.56 Å². The summed E-state index contributed by atoms with van der Waals surface area (Å²) in [6.07, 6.45) is 2.81. The van der Waals surface area contributed by atoms with Crippen LogP contribution in [0.1, 0.15) is 20.7 Å². The molecule has 0 saturated carbocycles. The fourth-order valence-corrected chi connectivity index (χ4v) is 2.57. The Morgan fingerprint density at radius 1 is 1.23 bits per heavy atom. The quantitative estimate of drug-likeness (QED) is 0.755. The number of carbonyl (C=O) groups is 2. The van der Waals surface area contributed by atoms with E-state index in [1.165, 1.54) is 46.2 Å². The van der Waals surface area contributed by atoms with E-state index in [4.69, 9.17) is 5.73 Å². The minimum Gasteiger partial charge on any atom is -0.366 e. The maximum absolute atomic E-state index is 12.2. The predicted octanol–water partition coefficient (Wildman–Crippen LogP) is 1.11. The standard InChI is InChI=1S/C14H10N4O3S/c15-11(19)8-1-3-9(4-2-8)17-12(20)10-7-16-14-18(13(10)21)5-6-22-14/h1-7H,(H2,15,19)(H,17,20). The van der Waals surface area contributed by atoms with E-state index in [0.717, 1.165) is 0 Å². The molecule has 8 heteroatoms. The first-order valence-corrected chi connectivity index (χ1v) is 7.10. The van der Waals surface area contributed by atoms with Crippen LogP contribution < -0.4 is 16.6 Å². The van der Waals surface area contributed by atoms with Crippen LogP contribution >= 0.6 is 11.3 Å². The summed E-state index contributed by atoms with van der Waals surface area (Å²) in [4.78, 5) is 39.9. The first kappa shape index (κ1) is 14.0. The van der Waals surface area contributed by atoms with Crippen LogP contribution in [0.15, 0.2) is 46.8 Å².